The van der Waals surface area contributed by atoms with Crippen molar-refractivity contribution in [2.45, 2.75) is 57.5 Å². The van der Waals surface area contributed by atoms with Crippen LogP contribution in [0.3, 0.4) is 0 Å². The molecule has 1 aliphatic carbocycles. The van der Waals surface area contributed by atoms with Crippen molar-refractivity contribution in [1.82, 2.24) is 5.32 Å². The zero-order chi connectivity index (χ0) is 13.2. The number of ether oxygens (including phenoxy) is 1. The Morgan fingerprint density at radius 2 is 2.17 bits per heavy atom. The Bertz CT molecular complexity index is 290. The van der Waals surface area contributed by atoms with Gasteiger partial charge in [-0.15, -0.1) is 0 Å². The van der Waals surface area contributed by atoms with Gasteiger partial charge in [0.1, 0.15) is 0 Å². The molecule has 0 spiro atoms. The second kappa shape index (κ2) is 5.57. The van der Waals surface area contributed by atoms with E-state index in [4.69, 9.17) is 10.5 Å². The highest BCUT2D eigenvalue weighted by atomic mass is 16.5. The van der Waals surface area contributed by atoms with Crippen LogP contribution in [-0.2, 0) is 9.53 Å². The summed E-state index contributed by atoms with van der Waals surface area (Å²) in [4.78, 5) is 12.3. The normalized spacial score (nSPS) is 41.4. The Hall–Kier alpha value is -0.610. The van der Waals surface area contributed by atoms with Crippen molar-refractivity contribution >= 4 is 5.91 Å². The van der Waals surface area contributed by atoms with Gasteiger partial charge < -0.3 is 15.8 Å². The maximum atomic E-state index is 12.3. The first-order valence-corrected chi connectivity index (χ1v) is 7.14. The van der Waals surface area contributed by atoms with E-state index in [-0.39, 0.29) is 23.4 Å². The molecule has 1 saturated heterocycles. The molecule has 1 amide bonds. The van der Waals surface area contributed by atoms with Gasteiger partial charge in [-0.3, -0.25) is 4.79 Å². The summed E-state index contributed by atoms with van der Waals surface area (Å²) in [5.74, 6) is 0.812. The Labute approximate surface area is 110 Å². The monoisotopic (exact) mass is 254 g/mol. The predicted octanol–water partition coefficient (Wildman–Crippen LogP) is 1.44. The number of nitrogens with two attached hydrogens (primary N) is 1. The van der Waals surface area contributed by atoms with Crippen molar-refractivity contribution in [3.63, 3.8) is 0 Å². The second-order valence-corrected chi connectivity index (χ2v) is 6.48. The van der Waals surface area contributed by atoms with Crippen molar-refractivity contribution in [2.24, 2.45) is 17.6 Å². The summed E-state index contributed by atoms with van der Waals surface area (Å²) >= 11 is 0. The van der Waals surface area contributed by atoms with Gasteiger partial charge in [0.05, 0.1) is 12.1 Å². The van der Waals surface area contributed by atoms with Crippen molar-refractivity contribution in [1.29, 1.82) is 0 Å². The predicted molar refractivity (Wildman–Crippen MR) is 71.1 cm³/mol. The molecule has 2 aliphatic rings. The number of nitrogens with one attached hydrogen (secondary N) is 1. The number of hydrogen-bond acceptors (Lipinski definition) is 3. The number of carbonyl (C=O) groups is 1. The fourth-order valence-corrected chi connectivity index (χ4v) is 3.30. The Balaban J connectivity index is 1.90. The second-order valence-electron chi connectivity index (χ2n) is 6.48. The van der Waals surface area contributed by atoms with Crippen LogP contribution < -0.4 is 11.1 Å². The summed E-state index contributed by atoms with van der Waals surface area (Å²) in [6.07, 6.45) is 4.87. The first-order valence-electron chi connectivity index (χ1n) is 7.14. The van der Waals surface area contributed by atoms with Gasteiger partial charge in [-0.1, -0.05) is 6.92 Å². The highest BCUT2D eigenvalue weighted by molar-refractivity contribution is 5.79. The number of hydrogen-bond donors (Lipinski definition) is 2. The zero-order valence-electron chi connectivity index (χ0n) is 11.6. The summed E-state index contributed by atoms with van der Waals surface area (Å²) in [5.41, 5.74) is 5.83. The van der Waals surface area contributed by atoms with E-state index in [1.807, 2.05) is 0 Å². The van der Waals surface area contributed by atoms with E-state index in [1.54, 1.807) is 0 Å². The largest absolute Gasteiger partial charge is 0.379 e. The molecule has 0 aromatic heterocycles. The smallest absolute Gasteiger partial charge is 0.223 e. The quantitative estimate of drug-likeness (QED) is 0.783. The van der Waals surface area contributed by atoms with Crippen LogP contribution in [0.2, 0.25) is 0 Å². The molecule has 4 atom stereocenters. The van der Waals surface area contributed by atoms with E-state index in [0.29, 0.717) is 12.5 Å². The van der Waals surface area contributed by atoms with Gasteiger partial charge in [0.15, 0.2) is 0 Å². The average molecular weight is 254 g/mol. The third-order valence-electron chi connectivity index (χ3n) is 4.21. The van der Waals surface area contributed by atoms with Gasteiger partial charge in [-0.25, -0.2) is 0 Å². The van der Waals surface area contributed by atoms with Gasteiger partial charge in [0.2, 0.25) is 5.91 Å². The summed E-state index contributed by atoms with van der Waals surface area (Å²) in [6.45, 7) is 5.71. The molecule has 2 rings (SSSR count). The Morgan fingerprint density at radius 3 is 2.78 bits per heavy atom. The molecular formula is C14H26N2O2. The highest BCUT2D eigenvalue weighted by Gasteiger charge is 2.34. The van der Waals surface area contributed by atoms with Crippen molar-refractivity contribution < 1.29 is 9.53 Å². The van der Waals surface area contributed by atoms with Gasteiger partial charge in [-0.2, -0.15) is 0 Å². The summed E-state index contributed by atoms with van der Waals surface area (Å²) < 4.78 is 5.48. The summed E-state index contributed by atoms with van der Waals surface area (Å²) in [7, 11) is 0. The molecule has 104 valence electrons. The first kappa shape index (κ1) is 13.8. The maximum Gasteiger partial charge on any atom is 0.223 e. The zero-order valence-corrected chi connectivity index (χ0v) is 11.6. The molecular weight excluding hydrogens is 228 g/mol. The number of amides is 1. The molecule has 0 aromatic carbocycles. The summed E-state index contributed by atoms with van der Waals surface area (Å²) in [6, 6.07) is 0.180. The lowest BCUT2D eigenvalue weighted by Crippen LogP contribution is -2.54. The minimum atomic E-state index is -0.180. The number of carbonyl (C=O) groups excluding carboxylic acids is 1. The molecule has 1 saturated carbocycles. The van der Waals surface area contributed by atoms with E-state index in [0.717, 1.165) is 38.7 Å². The SMILES string of the molecule is CC1CC(N)CC(C(=O)NC2(C)CCCOC2)C1. The summed E-state index contributed by atoms with van der Waals surface area (Å²) in [5, 5.41) is 3.19. The highest BCUT2D eigenvalue weighted by Crippen LogP contribution is 2.29. The minimum Gasteiger partial charge on any atom is -0.379 e. The third kappa shape index (κ3) is 3.45. The molecule has 4 nitrogen and oxygen atoms in total. The van der Waals surface area contributed by atoms with Crippen LogP contribution in [0.15, 0.2) is 0 Å². The van der Waals surface area contributed by atoms with E-state index in [9.17, 15) is 4.79 Å². The van der Waals surface area contributed by atoms with E-state index < -0.39 is 0 Å². The fraction of sp³-hybridized carbons (Fsp3) is 0.929. The van der Waals surface area contributed by atoms with Crippen LogP contribution in [0.25, 0.3) is 0 Å². The van der Waals surface area contributed by atoms with E-state index in [2.05, 4.69) is 19.2 Å². The van der Waals surface area contributed by atoms with Gasteiger partial charge in [0.25, 0.3) is 0 Å². The molecule has 2 fully saturated rings. The average Bonchev–Trinajstić information content (AvgIpc) is 2.28. The molecule has 3 N–H and O–H groups in total. The molecule has 0 aromatic rings. The van der Waals surface area contributed by atoms with Crippen molar-refractivity contribution in [3.8, 4) is 0 Å². The lowest BCUT2D eigenvalue weighted by atomic mass is 9.79. The van der Waals surface area contributed by atoms with Crippen LogP contribution >= 0.6 is 0 Å². The first-order chi connectivity index (χ1) is 8.48. The van der Waals surface area contributed by atoms with Crippen LogP contribution in [0.1, 0.15) is 46.0 Å². The van der Waals surface area contributed by atoms with Crippen LogP contribution in [-0.4, -0.2) is 30.7 Å². The van der Waals surface area contributed by atoms with Crippen LogP contribution in [0.4, 0.5) is 0 Å². The lowest BCUT2D eigenvalue weighted by molar-refractivity contribution is -0.130. The topological polar surface area (TPSA) is 64.4 Å². The van der Waals surface area contributed by atoms with E-state index in [1.165, 1.54) is 0 Å². The molecule has 1 aliphatic heterocycles. The van der Waals surface area contributed by atoms with Crippen molar-refractivity contribution in [2.75, 3.05) is 13.2 Å². The Kier molecular flexibility index (Phi) is 4.28. The molecule has 18 heavy (non-hydrogen) atoms. The lowest BCUT2D eigenvalue weighted by Gasteiger charge is -2.37. The third-order valence-corrected chi connectivity index (χ3v) is 4.21. The van der Waals surface area contributed by atoms with Gasteiger partial charge in [0, 0.05) is 18.6 Å². The minimum absolute atomic E-state index is 0.0856. The van der Waals surface area contributed by atoms with E-state index >= 15 is 0 Å². The Morgan fingerprint density at radius 1 is 1.39 bits per heavy atom. The molecule has 0 bridgehead atoms. The van der Waals surface area contributed by atoms with Crippen LogP contribution in [0.5, 0.6) is 0 Å². The standard InChI is InChI=1S/C14H26N2O2/c1-10-6-11(8-12(15)7-10)13(17)16-14(2)4-3-5-18-9-14/h10-12H,3-9,15H2,1-2H3,(H,16,17). The number of rotatable bonds is 2. The molecule has 1 heterocycles. The molecule has 4 unspecified atom stereocenters. The molecule has 4 heteroatoms. The van der Waals surface area contributed by atoms with Crippen LogP contribution in [0, 0.1) is 11.8 Å². The fourth-order valence-electron chi connectivity index (χ4n) is 3.30. The maximum absolute atomic E-state index is 12.3. The van der Waals surface area contributed by atoms with Gasteiger partial charge >= 0.3 is 0 Å². The van der Waals surface area contributed by atoms with Gasteiger partial charge in [-0.05, 0) is 44.9 Å². The van der Waals surface area contributed by atoms with Crippen molar-refractivity contribution in [3.05, 3.63) is 0 Å². The molecule has 0 radical (unpaired) electrons.